The molecule has 1 N–H and O–H groups in total. The third-order valence-electron chi connectivity index (χ3n) is 4.44. The topological polar surface area (TPSA) is 84.9 Å². The quantitative estimate of drug-likeness (QED) is 0.656. The number of carbonyl (C=O) groups excluding carboxylic acids is 1. The molecule has 1 amide bonds. The molecule has 1 aliphatic heterocycles. The summed E-state index contributed by atoms with van der Waals surface area (Å²) in [5, 5.41) is 3.27. The molecule has 1 heterocycles. The van der Waals surface area contributed by atoms with Gasteiger partial charge in [-0.2, -0.15) is 4.31 Å². The van der Waals surface area contributed by atoms with Crippen molar-refractivity contribution in [3.8, 4) is 5.75 Å². The Kier molecular flexibility index (Phi) is 7.60. The fourth-order valence-corrected chi connectivity index (χ4v) is 4.71. The van der Waals surface area contributed by atoms with Gasteiger partial charge in [0.05, 0.1) is 41.0 Å². The predicted octanol–water partition coefficient (Wildman–Crippen LogP) is 4.06. The number of hydrogen-bond donors (Lipinski definition) is 1. The van der Waals surface area contributed by atoms with Crippen LogP contribution in [-0.2, 0) is 14.8 Å². The molecule has 0 unspecified atom stereocenters. The van der Waals surface area contributed by atoms with E-state index >= 15 is 0 Å². The zero-order valence-electron chi connectivity index (χ0n) is 16.4. The number of morpholine rings is 1. The zero-order chi connectivity index (χ0) is 21.7. The zero-order valence-corrected chi connectivity index (χ0v) is 18.7. The molecule has 0 bridgehead atoms. The van der Waals surface area contributed by atoms with Gasteiger partial charge in [0.1, 0.15) is 5.75 Å². The monoisotopic (exact) mass is 472 g/mol. The van der Waals surface area contributed by atoms with Crippen molar-refractivity contribution < 1.29 is 22.7 Å². The minimum absolute atomic E-state index is 0.00694. The lowest BCUT2D eigenvalue weighted by Gasteiger charge is -2.26. The molecule has 3 rings (SSSR count). The van der Waals surface area contributed by atoms with Crippen LogP contribution >= 0.6 is 23.2 Å². The van der Waals surface area contributed by atoms with Gasteiger partial charge in [-0.25, -0.2) is 8.42 Å². The maximum absolute atomic E-state index is 12.9. The van der Waals surface area contributed by atoms with Gasteiger partial charge >= 0.3 is 0 Å². The summed E-state index contributed by atoms with van der Waals surface area (Å²) in [6.45, 7) is 3.61. The Balaban J connectivity index is 1.88. The van der Waals surface area contributed by atoms with Crippen LogP contribution in [0, 0.1) is 0 Å². The number of benzene rings is 2. The molecule has 0 atom stereocenters. The molecule has 30 heavy (non-hydrogen) atoms. The number of amides is 1. The summed E-state index contributed by atoms with van der Waals surface area (Å²) < 4.78 is 38.0. The highest BCUT2D eigenvalue weighted by molar-refractivity contribution is 7.89. The number of anilines is 1. The van der Waals surface area contributed by atoms with Crippen molar-refractivity contribution in [2.45, 2.75) is 18.2 Å². The van der Waals surface area contributed by atoms with E-state index in [9.17, 15) is 13.2 Å². The summed E-state index contributed by atoms with van der Waals surface area (Å²) in [5.74, 6) is -0.106. The normalized spacial score (nSPS) is 15.0. The van der Waals surface area contributed by atoms with Crippen LogP contribution in [0.4, 0.5) is 5.69 Å². The highest BCUT2D eigenvalue weighted by Crippen LogP contribution is 2.30. The standard InChI is InChI=1S/C20H22Cl2N2O5S/c1-2-9-29-19-6-3-14(21)12-18(19)23-20(25)16-13-15(4-5-17(16)22)30(26,27)24-7-10-28-11-8-24/h3-6,12-13H,2,7-11H2,1H3,(H,23,25). The van der Waals surface area contributed by atoms with Gasteiger partial charge in [0.2, 0.25) is 10.0 Å². The van der Waals surface area contributed by atoms with Crippen LogP contribution < -0.4 is 10.1 Å². The number of sulfonamides is 1. The number of nitrogens with one attached hydrogen (secondary N) is 1. The van der Waals surface area contributed by atoms with Crippen LogP contribution in [-0.4, -0.2) is 51.5 Å². The number of rotatable bonds is 7. The van der Waals surface area contributed by atoms with Gasteiger partial charge < -0.3 is 14.8 Å². The number of nitrogens with zero attached hydrogens (tertiary/aromatic N) is 1. The third-order valence-corrected chi connectivity index (χ3v) is 6.90. The average molecular weight is 473 g/mol. The second kappa shape index (κ2) is 9.98. The van der Waals surface area contributed by atoms with Crippen molar-refractivity contribution >= 4 is 44.8 Å². The van der Waals surface area contributed by atoms with Crippen molar-refractivity contribution in [2.24, 2.45) is 0 Å². The summed E-state index contributed by atoms with van der Waals surface area (Å²) in [6.07, 6.45) is 0.795. The number of hydrogen-bond acceptors (Lipinski definition) is 5. The Morgan fingerprint density at radius 1 is 1.17 bits per heavy atom. The Hall–Kier alpha value is -1.84. The fraction of sp³-hybridized carbons (Fsp3) is 0.350. The van der Waals surface area contributed by atoms with Crippen LogP contribution in [0.1, 0.15) is 23.7 Å². The van der Waals surface area contributed by atoms with Crippen molar-refractivity contribution in [3.63, 3.8) is 0 Å². The van der Waals surface area contributed by atoms with Crippen LogP contribution in [0.2, 0.25) is 10.0 Å². The molecule has 0 radical (unpaired) electrons. The van der Waals surface area contributed by atoms with E-state index in [2.05, 4.69) is 5.32 Å². The first-order chi connectivity index (χ1) is 14.3. The Morgan fingerprint density at radius 2 is 1.90 bits per heavy atom. The van der Waals surface area contributed by atoms with Gasteiger partial charge in [-0.1, -0.05) is 30.1 Å². The van der Waals surface area contributed by atoms with Crippen molar-refractivity contribution in [1.29, 1.82) is 0 Å². The van der Waals surface area contributed by atoms with Crippen molar-refractivity contribution in [3.05, 3.63) is 52.0 Å². The summed E-state index contributed by atoms with van der Waals surface area (Å²) in [6, 6.07) is 8.95. The SMILES string of the molecule is CCCOc1ccc(Cl)cc1NC(=O)c1cc(S(=O)(=O)N2CCOCC2)ccc1Cl. The predicted molar refractivity (Wildman–Crippen MR) is 116 cm³/mol. The van der Waals surface area contributed by atoms with Crippen LogP contribution in [0.3, 0.4) is 0 Å². The average Bonchev–Trinajstić information content (AvgIpc) is 2.74. The number of halogens is 2. The summed E-state index contributed by atoms with van der Waals surface area (Å²) in [7, 11) is -3.77. The molecule has 2 aromatic rings. The molecule has 1 saturated heterocycles. The molecule has 1 fully saturated rings. The van der Waals surface area contributed by atoms with E-state index in [-0.39, 0.29) is 28.6 Å². The largest absolute Gasteiger partial charge is 0.491 e. The Morgan fingerprint density at radius 3 is 2.60 bits per heavy atom. The maximum atomic E-state index is 12.9. The Labute approximate surface area is 185 Å². The van der Waals surface area contributed by atoms with Gasteiger partial charge in [-0.15, -0.1) is 0 Å². The van der Waals surface area contributed by atoms with E-state index in [0.717, 1.165) is 6.42 Å². The molecule has 7 nitrogen and oxygen atoms in total. The summed E-state index contributed by atoms with van der Waals surface area (Å²) in [5.41, 5.74) is 0.408. The lowest BCUT2D eigenvalue weighted by molar-refractivity contribution is 0.0730. The smallest absolute Gasteiger partial charge is 0.257 e. The highest BCUT2D eigenvalue weighted by Gasteiger charge is 2.27. The molecule has 1 aliphatic rings. The van der Waals surface area contributed by atoms with Gasteiger partial charge in [-0.05, 0) is 42.8 Å². The minimum atomic E-state index is -3.77. The molecule has 162 valence electrons. The van der Waals surface area contributed by atoms with Gasteiger partial charge in [0.25, 0.3) is 5.91 Å². The molecule has 0 saturated carbocycles. The molecule has 10 heteroatoms. The van der Waals surface area contributed by atoms with E-state index in [1.54, 1.807) is 18.2 Å². The van der Waals surface area contributed by atoms with Crippen molar-refractivity contribution in [1.82, 2.24) is 4.31 Å². The molecule has 0 spiro atoms. The van der Waals surface area contributed by atoms with Crippen LogP contribution in [0.15, 0.2) is 41.3 Å². The molecule has 0 aromatic heterocycles. The van der Waals surface area contributed by atoms with E-state index in [4.69, 9.17) is 32.7 Å². The number of ether oxygens (including phenoxy) is 2. The van der Waals surface area contributed by atoms with Gasteiger partial charge in [0.15, 0.2) is 0 Å². The van der Waals surface area contributed by atoms with Crippen LogP contribution in [0.5, 0.6) is 5.75 Å². The second-order valence-electron chi connectivity index (χ2n) is 6.60. The highest BCUT2D eigenvalue weighted by atomic mass is 35.5. The summed E-state index contributed by atoms with van der Waals surface area (Å²) >= 11 is 12.3. The first-order valence-electron chi connectivity index (χ1n) is 9.44. The molecular weight excluding hydrogens is 451 g/mol. The van der Waals surface area contributed by atoms with Crippen molar-refractivity contribution in [2.75, 3.05) is 38.2 Å². The molecular formula is C20H22Cl2N2O5S. The first kappa shape index (κ1) is 22.8. The van der Waals surface area contributed by atoms with Crippen LogP contribution in [0.25, 0.3) is 0 Å². The minimum Gasteiger partial charge on any atom is -0.491 e. The van der Waals surface area contributed by atoms with E-state index < -0.39 is 15.9 Å². The first-order valence-corrected chi connectivity index (χ1v) is 11.6. The van der Waals surface area contributed by atoms with Gasteiger partial charge in [-0.3, -0.25) is 4.79 Å². The fourth-order valence-electron chi connectivity index (χ4n) is 2.90. The maximum Gasteiger partial charge on any atom is 0.257 e. The Bertz CT molecular complexity index is 1020. The summed E-state index contributed by atoms with van der Waals surface area (Å²) in [4.78, 5) is 12.9. The third kappa shape index (κ3) is 5.25. The van der Waals surface area contributed by atoms with E-state index in [1.165, 1.54) is 22.5 Å². The molecule has 0 aliphatic carbocycles. The molecule has 2 aromatic carbocycles. The van der Waals surface area contributed by atoms with Gasteiger partial charge in [0, 0.05) is 18.1 Å². The lowest BCUT2D eigenvalue weighted by atomic mass is 10.2. The second-order valence-corrected chi connectivity index (χ2v) is 9.38. The number of carbonyl (C=O) groups is 1. The van der Waals surface area contributed by atoms with E-state index in [0.29, 0.717) is 36.3 Å². The lowest BCUT2D eigenvalue weighted by Crippen LogP contribution is -2.40. The van der Waals surface area contributed by atoms with E-state index in [1.807, 2.05) is 6.92 Å².